The molecule has 9 nitrogen and oxygen atoms in total. The van der Waals surface area contributed by atoms with Gasteiger partial charge in [0.15, 0.2) is 6.10 Å². The lowest BCUT2D eigenvalue weighted by Gasteiger charge is -2.28. The first-order valence-electron chi connectivity index (χ1n) is 45.2. The Balaban J connectivity index is 3.81. The Morgan fingerprint density at radius 1 is 0.273 bits per heavy atom. The number of carbonyl (C=O) groups is 2. The summed E-state index contributed by atoms with van der Waals surface area (Å²) in [6, 6.07) is 0. The first-order chi connectivity index (χ1) is 48.5. The monoisotopic (exact) mass is 1420 g/mol. The molecule has 0 amide bonds. The molecule has 592 valence electrons. The normalized spacial score (nSPS) is 12.8. The van der Waals surface area contributed by atoms with Crippen molar-refractivity contribution >= 4 is 19.8 Å². The fraction of sp³-hybridized carbons (Fsp3) is 0.978. The molecular formula is C89H178NO8P. The average Bonchev–Trinajstić information content (AvgIpc) is 0.987. The molecular weight excluding hydrogens is 1240 g/mol. The van der Waals surface area contributed by atoms with Crippen LogP contribution in [0.25, 0.3) is 0 Å². The number of ether oxygens (including phenoxy) is 2. The number of hydrogen-bond acceptors (Lipinski definition) is 8. The number of rotatable bonds is 87. The van der Waals surface area contributed by atoms with Crippen LogP contribution in [0.1, 0.15) is 508 Å². The third kappa shape index (κ3) is 85.8. The summed E-state index contributed by atoms with van der Waals surface area (Å²) in [5.41, 5.74) is 0. The molecule has 0 saturated heterocycles. The van der Waals surface area contributed by atoms with Gasteiger partial charge in [0, 0.05) is 12.8 Å². The SMILES string of the molecule is CCCCCCCCCCCCCCCCCCCCCCCCCCCCCCCCCCCCCCCCCCCC(=O)OC(COC(=O)CCCCCCCCCCCCCCCCCCCCCCCCCCCCCCCCCCCC)COP(=O)([O-])OCC[N+](C)(C)C. The van der Waals surface area contributed by atoms with Gasteiger partial charge in [-0.3, -0.25) is 14.2 Å². The lowest BCUT2D eigenvalue weighted by atomic mass is 10.0. The summed E-state index contributed by atoms with van der Waals surface area (Å²) in [5.74, 6) is -0.798. The first-order valence-corrected chi connectivity index (χ1v) is 46.7. The molecule has 0 aromatic carbocycles. The number of likely N-dealkylation sites (N-methyl/N-ethyl adjacent to an activating group) is 1. The van der Waals surface area contributed by atoms with Crippen molar-refractivity contribution in [2.24, 2.45) is 0 Å². The van der Waals surface area contributed by atoms with Gasteiger partial charge in [-0.1, -0.05) is 483 Å². The van der Waals surface area contributed by atoms with Crippen molar-refractivity contribution < 1.29 is 42.1 Å². The number of unbranched alkanes of at least 4 members (excludes halogenated alkanes) is 73. The van der Waals surface area contributed by atoms with Crippen molar-refractivity contribution in [3.8, 4) is 0 Å². The number of quaternary nitrogens is 1. The van der Waals surface area contributed by atoms with Gasteiger partial charge >= 0.3 is 11.9 Å². The van der Waals surface area contributed by atoms with Crippen LogP contribution in [0.15, 0.2) is 0 Å². The molecule has 0 aliphatic rings. The minimum Gasteiger partial charge on any atom is -0.756 e. The zero-order chi connectivity index (χ0) is 71.8. The number of phosphoric ester groups is 1. The van der Waals surface area contributed by atoms with Crippen molar-refractivity contribution in [1.82, 2.24) is 0 Å². The van der Waals surface area contributed by atoms with Crippen LogP contribution in [0.4, 0.5) is 0 Å². The van der Waals surface area contributed by atoms with E-state index < -0.39 is 26.5 Å². The molecule has 0 saturated carbocycles. The fourth-order valence-electron chi connectivity index (χ4n) is 14.5. The van der Waals surface area contributed by atoms with Crippen LogP contribution < -0.4 is 4.89 Å². The molecule has 0 rings (SSSR count). The Morgan fingerprint density at radius 2 is 0.455 bits per heavy atom. The van der Waals surface area contributed by atoms with Crippen LogP contribution in [0.2, 0.25) is 0 Å². The van der Waals surface area contributed by atoms with Gasteiger partial charge in [0.2, 0.25) is 0 Å². The third-order valence-corrected chi connectivity index (χ3v) is 22.3. The summed E-state index contributed by atoms with van der Waals surface area (Å²) < 4.78 is 34.5. The molecule has 2 atom stereocenters. The molecule has 0 aliphatic carbocycles. The minimum absolute atomic E-state index is 0.0245. The van der Waals surface area contributed by atoms with Crippen LogP contribution in [0, 0.1) is 0 Å². The topological polar surface area (TPSA) is 111 Å². The molecule has 99 heavy (non-hydrogen) atoms. The quantitative estimate of drug-likeness (QED) is 0.0256. The Bertz CT molecular complexity index is 1620. The summed E-state index contributed by atoms with van der Waals surface area (Å²) in [7, 11) is 1.20. The maximum Gasteiger partial charge on any atom is 0.306 e. The van der Waals surface area contributed by atoms with Crippen molar-refractivity contribution in [1.29, 1.82) is 0 Å². The third-order valence-electron chi connectivity index (χ3n) is 21.4. The predicted molar refractivity (Wildman–Crippen MR) is 430 cm³/mol. The second-order valence-corrected chi connectivity index (χ2v) is 34.1. The lowest BCUT2D eigenvalue weighted by molar-refractivity contribution is -0.870. The van der Waals surface area contributed by atoms with Crippen molar-refractivity contribution in [2.75, 3.05) is 47.5 Å². The fourth-order valence-corrected chi connectivity index (χ4v) is 15.2. The van der Waals surface area contributed by atoms with Gasteiger partial charge in [0.25, 0.3) is 7.82 Å². The molecule has 0 fully saturated rings. The van der Waals surface area contributed by atoms with Crippen LogP contribution in [0.5, 0.6) is 0 Å². The van der Waals surface area contributed by atoms with Gasteiger partial charge in [0.05, 0.1) is 27.7 Å². The zero-order valence-electron chi connectivity index (χ0n) is 68.0. The van der Waals surface area contributed by atoms with Gasteiger partial charge in [-0.2, -0.15) is 0 Å². The molecule has 0 heterocycles. The van der Waals surface area contributed by atoms with Crippen LogP contribution in [0.3, 0.4) is 0 Å². The minimum atomic E-state index is -4.64. The molecule has 0 radical (unpaired) electrons. The van der Waals surface area contributed by atoms with E-state index in [1.165, 1.54) is 443 Å². The average molecular weight is 1420 g/mol. The standard InChI is InChI=1S/C89H178NO8P/c1-6-8-10-12-14-16-18-20-22-24-26-28-30-32-34-36-38-40-42-43-44-45-46-47-48-50-52-54-56-58-60-62-64-66-68-70-72-74-76-78-80-82-89(92)98-87(86-97-99(93,94)96-84-83-90(3,4)5)85-95-88(91)81-79-77-75-73-71-69-67-65-63-61-59-57-55-53-51-49-41-39-37-35-33-31-29-27-25-23-21-19-17-15-13-11-9-7-2/h87H,6-86H2,1-5H3. The van der Waals surface area contributed by atoms with Gasteiger partial charge in [-0.25, -0.2) is 0 Å². The largest absolute Gasteiger partial charge is 0.756 e. The van der Waals surface area contributed by atoms with Crippen LogP contribution in [-0.4, -0.2) is 70.0 Å². The Morgan fingerprint density at radius 3 is 0.646 bits per heavy atom. The molecule has 0 aromatic rings. The van der Waals surface area contributed by atoms with E-state index in [4.69, 9.17) is 18.5 Å². The van der Waals surface area contributed by atoms with E-state index in [9.17, 15) is 19.0 Å². The van der Waals surface area contributed by atoms with Crippen molar-refractivity contribution in [3.63, 3.8) is 0 Å². The maximum atomic E-state index is 12.9. The van der Waals surface area contributed by atoms with Crippen LogP contribution >= 0.6 is 7.82 Å². The van der Waals surface area contributed by atoms with Crippen molar-refractivity contribution in [3.05, 3.63) is 0 Å². The number of nitrogens with zero attached hydrogens (tertiary/aromatic N) is 1. The highest BCUT2D eigenvalue weighted by Crippen LogP contribution is 2.38. The van der Waals surface area contributed by atoms with E-state index in [1.807, 2.05) is 21.1 Å². The Hall–Kier alpha value is -0.990. The molecule has 0 aromatic heterocycles. The zero-order valence-corrected chi connectivity index (χ0v) is 68.9. The van der Waals surface area contributed by atoms with Gasteiger partial charge < -0.3 is 27.9 Å². The summed E-state index contributed by atoms with van der Waals surface area (Å²) in [6.45, 7) is 4.36. The Kier molecular flexibility index (Phi) is 80.3. The summed E-state index contributed by atoms with van der Waals surface area (Å²) in [6.07, 6.45) is 103. The predicted octanol–water partition coefficient (Wildman–Crippen LogP) is 29.7. The summed E-state index contributed by atoms with van der Waals surface area (Å²) in [5, 5.41) is 0. The molecule has 0 spiro atoms. The second kappa shape index (κ2) is 81.1. The lowest BCUT2D eigenvalue weighted by Crippen LogP contribution is -2.37. The van der Waals surface area contributed by atoms with Crippen molar-refractivity contribution in [2.45, 2.75) is 514 Å². The molecule has 0 aliphatic heterocycles. The highest BCUT2D eigenvalue weighted by Gasteiger charge is 2.22. The second-order valence-electron chi connectivity index (χ2n) is 32.7. The number of carbonyl (C=O) groups excluding carboxylic acids is 2. The number of hydrogen-bond donors (Lipinski definition) is 0. The molecule has 0 N–H and O–H groups in total. The van der Waals surface area contributed by atoms with Gasteiger partial charge in [0.1, 0.15) is 19.8 Å². The van der Waals surface area contributed by atoms with E-state index in [0.717, 1.165) is 32.1 Å². The van der Waals surface area contributed by atoms with E-state index in [-0.39, 0.29) is 32.0 Å². The van der Waals surface area contributed by atoms with E-state index in [2.05, 4.69) is 13.8 Å². The maximum absolute atomic E-state index is 12.9. The smallest absolute Gasteiger partial charge is 0.306 e. The van der Waals surface area contributed by atoms with E-state index in [1.54, 1.807) is 0 Å². The van der Waals surface area contributed by atoms with E-state index >= 15 is 0 Å². The van der Waals surface area contributed by atoms with Gasteiger partial charge in [-0.05, 0) is 12.8 Å². The highest BCUT2D eigenvalue weighted by atomic mass is 31.2. The van der Waals surface area contributed by atoms with Crippen LogP contribution in [-0.2, 0) is 32.7 Å². The number of phosphoric acid groups is 1. The van der Waals surface area contributed by atoms with Gasteiger partial charge in [-0.15, -0.1) is 0 Å². The molecule has 2 unspecified atom stereocenters. The summed E-state index contributed by atoms with van der Waals surface area (Å²) >= 11 is 0. The first kappa shape index (κ1) is 98.0. The summed E-state index contributed by atoms with van der Waals surface area (Å²) in [4.78, 5) is 38.3. The number of esters is 2. The molecule has 0 bridgehead atoms. The molecule has 10 heteroatoms. The Labute approximate surface area is 620 Å². The highest BCUT2D eigenvalue weighted by molar-refractivity contribution is 7.45. The van der Waals surface area contributed by atoms with E-state index in [0.29, 0.717) is 17.4 Å².